The average Bonchev–Trinajstić information content (AvgIpc) is 2.70. The number of fused-ring (bicyclic) bond motifs is 1. The SMILES string of the molecule is CCCN(C(=O)c1c(O)c2c(C=S)cccc2n(C)c1=O)c1ccccc1. The second kappa shape index (κ2) is 7.72. The van der Waals surface area contributed by atoms with E-state index in [1.165, 1.54) is 14.8 Å². The van der Waals surface area contributed by atoms with E-state index in [0.29, 0.717) is 35.1 Å². The Bertz CT molecular complexity index is 1070. The maximum Gasteiger partial charge on any atom is 0.267 e. The van der Waals surface area contributed by atoms with Crippen molar-refractivity contribution < 1.29 is 9.90 Å². The fraction of sp³-hybridized carbons (Fsp3) is 0.190. The first-order valence-corrected chi connectivity index (χ1v) is 9.15. The molecule has 1 aromatic heterocycles. The molecule has 6 heteroatoms. The van der Waals surface area contributed by atoms with Gasteiger partial charge in [0, 0.05) is 30.0 Å². The summed E-state index contributed by atoms with van der Waals surface area (Å²) in [5.41, 5.74) is 1.00. The zero-order valence-corrected chi connectivity index (χ0v) is 16.0. The van der Waals surface area contributed by atoms with Crippen molar-refractivity contribution in [1.29, 1.82) is 0 Å². The molecule has 5 nitrogen and oxygen atoms in total. The highest BCUT2D eigenvalue weighted by molar-refractivity contribution is 7.79. The van der Waals surface area contributed by atoms with Crippen molar-refractivity contribution in [3.8, 4) is 5.75 Å². The lowest BCUT2D eigenvalue weighted by Gasteiger charge is -2.23. The van der Waals surface area contributed by atoms with Gasteiger partial charge in [-0.1, -0.05) is 49.5 Å². The van der Waals surface area contributed by atoms with Crippen LogP contribution in [0.5, 0.6) is 5.75 Å². The Kier molecular flexibility index (Phi) is 5.37. The van der Waals surface area contributed by atoms with Gasteiger partial charge in [-0.25, -0.2) is 0 Å². The molecule has 1 N–H and O–H groups in total. The number of carbonyl (C=O) groups is 1. The fourth-order valence-corrected chi connectivity index (χ4v) is 3.40. The number of para-hydroxylation sites is 1. The molecule has 0 aliphatic carbocycles. The Morgan fingerprint density at radius 2 is 1.89 bits per heavy atom. The summed E-state index contributed by atoms with van der Waals surface area (Å²) in [5, 5.41) is 12.7. The van der Waals surface area contributed by atoms with E-state index in [1.807, 2.05) is 25.1 Å². The van der Waals surface area contributed by atoms with Crippen LogP contribution in [0.1, 0.15) is 29.3 Å². The van der Waals surface area contributed by atoms with Gasteiger partial charge in [0.1, 0.15) is 11.3 Å². The number of aromatic hydroxyl groups is 1. The predicted molar refractivity (Wildman–Crippen MR) is 112 cm³/mol. The van der Waals surface area contributed by atoms with Crippen LogP contribution in [0.25, 0.3) is 10.9 Å². The molecule has 0 saturated heterocycles. The highest BCUT2D eigenvalue weighted by atomic mass is 32.1. The number of thiocarbonyl (C=S) groups is 1. The number of aromatic nitrogens is 1. The summed E-state index contributed by atoms with van der Waals surface area (Å²) in [5.74, 6) is -0.853. The molecule has 0 unspecified atom stereocenters. The van der Waals surface area contributed by atoms with E-state index < -0.39 is 11.5 Å². The number of anilines is 1. The average molecular weight is 380 g/mol. The molecule has 1 amide bonds. The van der Waals surface area contributed by atoms with Crippen LogP contribution in [0.2, 0.25) is 0 Å². The summed E-state index contributed by atoms with van der Waals surface area (Å²) in [6, 6.07) is 14.3. The van der Waals surface area contributed by atoms with Crippen molar-refractivity contribution >= 4 is 40.1 Å². The summed E-state index contributed by atoms with van der Waals surface area (Å²) in [7, 11) is 1.58. The van der Waals surface area contributed by atoms with E-state index >= 15 is 0 Å². The van der Waals surface area contributed by atoms with Crippen LogP contribution in [0.3, 0.4) is 0 Å². The van der Waals surface area contributed by atoms with Gasteiger partial charge in [0.25, 0.3) is 11.5 Å². The molecular formula is C21H20N2O3S. The molecule has 27 heavy (non-hydrogen) atoms. The van der Waals surface area contributed by atoms with Gasteiger partial charge in [0.2, 0.25) is 0 Å². The second-order valence-electron chi connectivity index (χ2n) is 6.24. The molecule has 0 fully saturated rings. The van der Waals surface area contributed by atoms with E-state index in [4.69, 9.17) is 12.2 Å². The lowest BCUT2D eigenvalue weighted by Crippen LogP contribution is -2.37. The quantitative estimate of drug-likeness (QED) is 0.687. The largest absolute Gasteiger partial charge is 0.506 e. The predicted octanol–water partition coefficient (Wildman–Crippen LogP) is 3.65. The Balaban J connectivity index is 2.28. The van der Waals surface area contributed by atoms with Gasteiger partial charge < -0.3 is 14.6 Å². The molecule has 0 atom stereocenters. The summed E-state index contributed by atoms with van der Waals surface area (Å²) >= 11 is 5.04. The summed E-state index contributed by atoms with van der Waals surface area (Å²) in [6.45, 7) is 2.38. The van der Waals surface area contributed by atoms with Gasteiger partial charge in [-0.05, 0) is 30.2 Å². The van der Waals surface area contributed by atoms with Crippen molar-refractivity contribution in [2.45, 2.75) is 13.3 Å². The Morgan fingerprint density at radius 1 is 1.19 bits per heavy atom. The number of rotatable bonds is 5. The van der Waals surface area contributed by atoms with E-state index in [9.17, 15) is 14.7 Å². The molecular weight excluding hydrogens is 360 g/mol. The minimum Gasteiger partial charge on any atom is -0.506 e. The van der Waals surface area contributed by atoms with E-state index in [0.717, 1.165) is 0 Å². The number of pyridine rings is 1. The van der Waals surface area contributed by atoms with Crippen LogP contribution in [-0.4, -0.2) is 27.5 Å². The highest BCUT2D eigenvalue weighted by Crippen LogP contribution is 2.30. The van der Waals surface area contributed by atoms with Gasteiger partial charge >= 0.3 is 0 Å². The third kappa shape index (κ3) is 3.24. The summed E-state index contributed by atoms with van der Waals surface area (Å²) in [6.07, 6.45) is 0.709. The maximum atomic E-state index is 13.3. The van der Waals surface area contributed by atoms with Crippen LogP contribution in [0.4, 0.5) is 5.69 Å². The molecule has 2 aromatic carbocycles. The van der Waals surface area contributed by atoms with Crippen LogP contribution < -0.4 is 10.5 Å². The van der Waals surface area contributed by atoms with Crippen LogP contribution in [0.15, 0.2) is 53.3 Å². The molecule has 0 radical (unpaired) electrons. The van der Waals surface area contributed by atoms with Gasteiger partial charge in [-0.3, -0.25) is 9.59 Å². The minimum atomic E-state index is -0.538. The first-order chi connectivity index (χ1) is 13.0. The first-order valence-electron chi connectivity index (χ1n) is 8.68. The molecule has 0 saturated carbocycles. The van der Waals surface area contributed by atoms with E-state index in [2.05, 4.69) is 0 Å². The number of hydrogen-bond donors (Lipinski definition) is 1. The van der Waals surface area contributed by atoms with E-state index in [-0.39, 0.29) is 11.3 Å². The number of amides is 1. The summed E-state index contributed by atoms with van der Waals surface area (Å²) < 4.78 is 1.37. The number of hydrogen-bond acceptors (Lipinski definition) is 4. The lowest BCUT2D eigenvalue weighted by atomic mass is 10.0. The fourth-order valence-electron chi connectivity index (χ4n) is 3.20. The molecule has 1 heterocycles. The second-order valence-corrected chi connectivity index (χ2v) is 6.48. The molecule has 0 bridgehead atoms. The van der Waals surface area contributed by atoms with Gasteiger partial charge in [-0.15, -0.1) is 0 Å². The monoisotopic (exact) mass is 380 g/mol. The van der Waals surface area contributed by atoms with Crippen molar-refractivity contribution in [3.05, 3.63) is 70.0 Å². The Hall–Kier alpha value is -2.99. The van der Waals surface area contributed by atoms with Gasteiger partial charge in [0.05, 0.1) is 5.52 Å². The molecule has 3 aromatic rings. The molecule has 0 spiro atoms. The highest BCUT2D eigenvalue weighted by Gasteiger charge is 2.27. The maximum absolute atomic E-state index is 13.3. The van der Waals surface area contributed by atoms with Crippen LogP contribution >= 0.6 is 12.2 Å². The van der Waals surface area contributed by atoms with Gasteiger partial charge in [0.15, 0.2) is 0 Å². The molecule has 138 valence electrons. The van der Waals surface area contributed by atoms with Crippen molar-refractivity contribution in [2.75, 3.05) is 11.4 Å². The van der Waals surface area contributed by atoms with Crippen molar-refractivity contribution in [1.82, 2.24) is 4.57 Å². The minimum absolute atomic E-state index is 0.244. The Labute approximate surface area is 162 Å². The van der Waals surface area contributed by atoms with Crippen LogP contribution in [-0.2, 0) is 7.05 Å². The molecule has 0 aliphatic heterocycles. The number of carbonyl (C=O) groups excluding carboxylic acids is 1. The normalized spacial score (nSPS) is 10.7. The molecule has 0 aliphatic rings. The topological polar surface area (TPSA) is 62.5 Å². The summed E-state index contributed by atoms with van der Waals surface area (Å²) in [4.78, 5) is 27.7. The van der Waals surface area contributed by atoms with Gasteiger partial charge in [-0.2, -0.15) is 0 Å². The molecule has 3 rings (SSSR count). The lowest BCUT2D eigenvalue weighted by molar-refractivity contribution is 0.0982. The van der Waals surface area contributed by atoms with E-state index in [1.54, 1.807) is 37.4 Å². The number of nitrogens with zero attached hydrogens (tertiary/aromatic N) is 2. The zero-order valence-electron chi connectivity index (χ0n) is 15.2. The smallest absolute Gasteiger partial charge is 0.267 e. The van der Waals surface area contributed by atoms with Crippen molar-refractivity contribution in [3.63, 3.8) is 0 Å². The Morgan fingerprint density at radius 3 is 2.52 bits per heavy atom. The third-order valence-corrected chi connectivity index (χ3v) is 4.78. The zero-order chi connectivity index (χ0) is 19.6. The number of aryl methyl sites for hydroxylation is 1. The third-order valence-electron chi connectivity index (χ3n) is 4.53. The number of benzene rings is 2. The first kappa shape index (κ1) is 18.8. The van der Waals surface area contributed by atoms with Crippen LogP contribution in [0, 0.1) is 0 Å². The van der Waals surface area contributed by atoms with Crippen molar-refractivity contribution in [2.24, 2.45) is 7.05 Å². The standard InChI is InChI=1S/C21H20N2O3S/c1-3-12-23(15-9-5-4-6-10-15)21(26)18-19(24)17-14(13-27)8-7-11-16(17)22(2)20(18)25/h4-11,13,24H,3,12H2,1-2H3.